The number of rotatable bonds is 3. The van der Waals surface area contributed by atoms with E-state index < -0.39 is 11.6 Å². The van der Waals surface area contributed by atoms with Crippen LogP contribution in [0, 0.1) is 0 Å². The molecule has 0 saturated carbocycles. The Morgan fingerprint density at radius 1 is 1.32 bits per heavy atom. The molecule has 1 amide bonds. The number of carbonyl (C=O) groups excluding carboxylic acids is 1. The first-order valence-corrected chi connectivity index (χ1v) is 6.26. The highest BCUT2D eigenvalue weighted by Gasteiger charge is 2.27. The third kappa shape index (κ3) is 2.74. The Hall–Kier alpha value is -1.94. The SMILES string of the molecule is CC(O)C(C)(C)NC(=O)c1cccc2ncccc12. The topological polar surface area (TPSA) is 62.2 Å². The Morgan fingerprint density at radius 3 is 2.74 bits per heavy atom. The minimum Gasteiger partial charge on any atom is -0.391 e. The summed E-state index contributed by atoms with van der Waals surface area (Å²) in [6, 6.07) is 9.11. The first-order valence-electron chi connectivity index (χ1n) is 6.26. The second-order valence-corrected chi connectivity index (χ2v) is 5.23. The van der Waals surface area contributed by atoms with Crippen LogP contribution in [-0.4, -0.2) is 27.6 Å². The summed E-state index contributed by atoms with van der Waals surface area (Å²) in [6.07, 6.45) is 1.06. The van der Waals surface area contributed by atoms with Crippen molar-refractivity contribution in [2.45, 2.75) is 32.4 Å². The number of aliphatic hydroxyl groups excluding tert-OH is 1. The molecule has 1 unspecified atom stereocenters. The van der Waals surface area contributed by atoms with Crippen LogP contribution < -0.4 is 5.32 Å². The molecule has 0 aliphatic carbocycles. The van der Waals surface area contributed by atoms with E-state index in [1.165, 1.54) is 0 Å². The Bertz CT molecular complexity index is 601. The molecule has 4 nitrogen and oxygen atoms in total. The van der Waals surface area contributed by atoms with Gasteiger partial charge in [-0.25, -0.2) is 0 Å². The average Bonchev–Trinajstić information content (AvgIpc) is 2.37. The van der Waals surface area contributed by atoms with Crippen LogP contribution in [-0.2, 0) is 0 Å². The molecule has 4 heteroatoms. The van der Waals surface area contributed by atoms with Gasteiger partial charge in [0.1, 0.15) is 0 Å². The van der Waals surface area contributed by atoms with E-state index in [2.05, 4.69) is 10.3 Å². The maximum absolute atomic E-state index is 12.3. The zero-order chi connectivity index (χ0) is 14.0. The highest BCUT2D eigenvalue weighted by Crippen LogP contribution is 2.18. The van der Waals surface area contributed by atoms with E-state index in [4.69, 9.17) is 0 Å². The molecule has 2 N–H and O–H groups in total. The summed E-state index contributed by atoms with van der Waals surface area (Å²) < 4.78 is 0. The monoisotopic (exact) mass is 258 g/mol. The highest BCUT2D eigenvalue weighted by atomic mass is 16.3. The minimum absolute atomic E-state index is 0.204. The largest absolute Gasteiger partial charge is 0.391 e. The molecule has 2 rings (SSSR count). The number of aromatic nitrogens is 1. The smallest absolute Gasteiger partial charge is 0.252 e. The number of hydrogen-bond donors (Lipinski definition) is 2. The fourth-order valence-corrected chi connectivity index (χ4v) is 1.77. The summed E-state index contributed by atoms with van der Waals surface area (Å²) in [5.74, 6) is -0.204. The molecule has 1 aromatic carbocycles. The first-order chi connectivity index (χ1) is 8.92. The van der Waals surface area contributed by atoms with E-state index >= 15 is 0 Å². The lowest BCUT2D eigenvalue weighted by atomic mass is 9.97. The standard InChI is InChI=1S/C15H18N2O2/c1-10(18)15(2,3)17-14(19)12-6-4-8-13-11(12)7-5-9-16-13/h4-10,18H,1-3H3,(H,17,19). The maximum Gasteiger partial charge on any atom is 0.252 e. The van der Waals surface area contributed by atoms with E-state index in [0.717, 1.165) is 10.9 Å². The van der Waals surface area contributed by atoms with Gasteiger partial charge in [0.2, 0.25) is 0 Å². The van der Waals surface area contributed by atoms with Gasteiger partial charge < -0.3 is 10.4 Å². The predicted octanol–water partition coefficient (Wildman–Crippen LogP) is 2.12. The van der Waals surface area contributed by atoms with E-state index in [-0.39, 0.29) is 5.91 Å². The van der Waals surface area contributed by atoms with Crippen molar-refractivity contribution in [1.29, 1.82) is 0 Å². The minimum atomic E-state index is -0.679. The van der Waals surface area contributed by atoms with E-state index in [0.29, 0.717) is 5.56 Å². The van der Waals surface area contributed by atoms with Gasteiger partial charge in [-0.1, -0.05) is 12.1 Å². The van der Waals surface area contributed by atoms with Crippen LogP contribution in [0.25, 0.3) is 10.9 Å². The highest BCUT2D eigenvalue weighted by molar-refractivity contribution is 6.06. The van der Waals surface area contributed by atoms with Crippen LogP contribution in [0.4, 0.5) is 0 Å². The Labute approximate surface area is 112 Å². The number of fused-ring (bicyclic) bond motifs is 1. The third-order valence-electron chi connectivity index (χ3n) is 3.37. The second-order valence-electron chi connectivity index (χ2n) is 5.23. The molecule has 19 heavy (non-hydrogen) atoms. The number of hydrogen-bond acceptors (Lipinski definition) is 3. The number of carbonyl (C=O) groups is 1. The molecule has 100 valence electrons. The van der Waals surface area contributed by atoms with Crippen molar-refractivity contribution in [2.75, 3.05) is 0 Å². The molecule has 0 radical (unpaired) electrons. The first kappa shape index (κ1) is 13.5. The van der Waals surface area contributed by atoms with Crippen LogP contribution >= 0.6 is 0 Å². The molecule has 0 aliphatic rings. The molecule has 1 atom stereocenters. The van der Waals surface area contributed by atoms with Gasteiger partial charge >= 0.3 is 0 Å². The molecule has 0 aliphatic heterocycles. The number of nitrogens with one attached hydrogen (secondary N) is 1. The van der Waals surface area contributed by atoms with Crippen molar-refractivity contribution >= 4 is 16.8 Å². The molecule has 0 fully saturated rings. The van der Waals surface area contributed by atoms with Crippen LogP contribution in [0.15, 0.2) is 36.5 Å². The van der Waals surface area contributed by atoms with Gasteiger partial charge in [-0.05, 0) is 39.0 Å². The zero-order valence-corrected chi connectivity index (χ0v) is 11.3. The number of aliphatic hydroxyl groups is 1. The van der Waals surface area contributed by atoms with Crippen molar-refractivity contribution < 1.29 is 9.90 Å². The normalized spacial score (nSPS) is 13.3. The molecular weight excluding hydrogens is 240 g/mol. The number of amides is 1. The summed E-state index contributed by atoms with van der Waals surface area (Å²) >= 11 is 0. The van der Waals surface area contributed by atoms with Gasteiger partial charge in [-0.3, -0.25) is 9.78 Å². The van der Waals surface area contributed by atoms with Gasteiger partial charge in [0, 0.05) is 17.1 Å². The van der Waals surface area contributed by atoms with Gasteiger partial charge in [0.15, 0.2) is 0 Å². The summed E-state index contributed by atoms with van der Waals surface area (Å²) in [7, 11) is 0. The zero-order valence-electron chi connectivity index (χ0n) is 11.3. The molecular formula is C15H18N2O2. The van der Waals surface area contributed by atoms with E-state index in [9.17, 15) is 9.90 Å². The summed E-state index contributed by atoms with van der Waals surface area (Å²) in [6.45, 7) is 5.24. The Morgan fingerprint density at radius 2 is 2.05 bits per heavy atom. The van der Waals surface area contributed by atoms with Crippen LogP contribution in [0.2, 0.25) is 0 Å². The fraction of sp³-hybridized carbons (Fsp3) is 0.333. The summed E-state index contributed by atoms with van der Waals surface area (Å²) in [5.41, 5.74) is 0.672. The van der Waals surface area contributed by atoms with Gasteiger partial charge in [0.25, 0.3) is 5.91 Å². The maximum atomic E-state index is 12.3. The molecule has 0 bridgehead atoms. The van der Waals surface area contributed by atoms with Crippen molar-refractivity contribution in [3.63, 3.8) is 0 Å². The van der Waals surface area contributed by atoms with Crippen molar-refractivity contribution in [3.05, 3.63) is 42.1 Å². The van der Waals surface area contributed by atoms with Gasteiger partial charge in [-0.15, -0.1) is 0 Å². The molecule has 1 heterocycles. The van der Waals surface area contributed by atoms with E-state index in [1.807, 2.05) is 12.1 Å². The fourth-order valence-electron chi connectivity index (χ4n) is 1.77. The lowest BCUT2D eigenvalue weighted by Gasteiger charge is -2.29. The molecule has 0 spiro atoms. The van der Waals surface area contributed by atoms with Crippen molar-refractivity contribution in [2.24, 2.45) is 0 Å². The van der Waals surface area contributed by atoms with Crippen LogP contribution in [0.5, 0.6) is 0 Å². The predicted molar refractivity (Wildman–Crippen MR) is 75.0 cm³/mol. The molecule has 2 aromatic rings. The van der Waals surface area contributed by atoms with Crippen molar-refractivity contribution in [3.8, 4) is 0 Å². The van der Waals surface area contributed by atoms with E-state index in [1.54, 1.807) is 45.2 Å². The average molecular weight is 258 g/mol. The van der Waals surface area contributed by atoms with Crippen LogP contribution in [0.3, 0.4) is 0 Å². The number of benzene rings is 1. The lowest BCUT2D eigenvalue weighted by molar-refractivity contribution is 0.0711. The third-order valence-corrected chi connectivity index (χ3v) is 3.37. The Kier molecular flexibility index (Phi) is 3.53. The molecule has 0 saturated heterocycles. The van der Waals surface area contributed by atoms with Crippen LogP contribution in [0.1, 0.15) is 31.1 Å². The lowest BCUT2D eigenvalue weighted by Crippen LogP contribution is -2.51. The van der Waals surface area contributed by atoms with Gasteiger partial charge in [-0.2, -0.15) is 0 Å². The summed E-state index contributed by atoms with van der Waals surface area (Å²) in [5, 5.41) is 13.3. The Balaban J connectivity index is 2.37. The number of pyridine rings is 1. The number of nitrogens with zero attached hydrogens (tertiary/aromatic N) is 1. The second kappa shape index (κ2) is 4.97. The van der Waals surface area contributed by atoms with Crippen molar-refractivity contribution in [1.82, 2.24) is 10.3 Å². The summed E-state index contributed by atoms with van der Waals surface area (Å²) in [4.78, 5) is 16.6. The quantitative estimate of drug-likeness (QED) is 0.886. The molecule has 1 aromatic heterocycles. The van der Waals surface area contributed by atoms with Gasteiger partial charge in [0.05, 0.1) is 17.2 Å².